The van der Waals surface area contributed by atoms with Crippen LogP contribution in [0.3, 0.4) is 0 Å². The third-order valence-corrected chi connectivity index (χ3v) is 2.12. The van der Waals surface area contributed by atoms with Crippen LogP contribution in [0.4, 0.5) is 0 Å². The molecule has 0 unspecified atom stereocenters. The van der Waals surface area contributed by atoms with Crippen molar-refractivity contribution in [3.8, 4) is 0 Å². The van der Waals surface area contributed by atoms with Crippen LogP contribution in [-0.4, -0.2) is 0 Å². The van der Waals surface area contributed by atoms with Crippen LogP contribution < -0.4 is 0 Å². The molecule has 2 saturated carbocycles. The van der Waals surface area contributed by atoms with Crippen molar-refractivity contribution in [2.24, 2.45) is 11.8 Å². The van der Waals surface area contributed by atoms with Gasteiger partial charge in [0.25, 0.3) is 0 Å². The summed E-state index contributed by atoms with van der Waals surface area (Å²) in [5.74, 6) is 2.17. The summed E-state index contributed by atoms with van der Waals surface area (Å²) in [4.78, 5) is 0. The number of hydrogen-bond donors (Lipinski definition) is 0. The van der Waals surface area contributed by atoms with Crippen LogP contribution >= 0.6 is 0 Å². The fourth-order valence-electron chi connectivity index (χ4n) is 1.07. The van der Waals surface area contributed by atoms with E-state index < -0.39 is 0 Å². The second kappa shape index (κ2) is 1.75. The Balaban J connectivity index is 1.56. The van der Waals surface area contributed by atoms with E-state index in [2.05, 4.69) is 6.42 Å². The van der Waals surface area contributed by atoms with E-state index in [1.165, 1.54) is 32.1 Å². The smallest absolute Gasteiger partial charge is 0.0352 e. The zero-order chi connectivity index (χ0) is 5.40. The summed E-state index contributed by atoms with van der Waals surface area (Å²) in [6, 6.07) is 0. The Morgan fingerprint density at radius 3 is 2.38 bits per heavy atom. The second-order valence-corrected chi connectivity index (χ2v) is 3.25. The Hall–Kier alpha value is 0. The highest BCUT2D eigenvalue weighted by Crippen LogP contribution is 2.39. The average Bonchev–Trinajstić information content (AvgIpc) is 2.60. The molecule has 2 fully saturated rings. The predicted octanol–water partition coefficient (Wildman–Crippen LogP) is 2.40. The standard InChI is InChI=1S/C8H13/c1-2-7(1)5-6-8-3-4-8/h5,7-8H,1-4,6H2. The van der Waals surface area contributed by atoms with Crippen molar-refractivity contribution in [1.82, 2.24) is 0 Å². The van der Waals surface area contributed by atoms with Gasteiger partial charge in [0.1, 0.15) is 0 Å². The molecule has 2 aliphatic carbocycles. The maximum atomic E-state index is 2.54. The van der Waals surface area contributed by atoms with Crippen LogP contribution in [0.1, 0.15) is 32.1 Å². The molecule has 1 radical (unpaired) electrons. The Bertz CT molecular complexity index is 66.0. The Morgan fingerprint density at radius 1 is 1.12 bits per heavy atom. The van der Waals surface area contributed by atoms with Gasteiger partial charge in [0.15, 0.2) is 0 Å². The summed E-state index contributed by atoms with van der Waals surface area (Å²) in [7, 11) is 0. The molecule has 0 spiro atoms. The van der Waals surface area contributed by atoms with E-state index in [-0.39, 0.29) is 0 Å². The fourth-order valence-corrected chi connectivity index (χ4v) is 1.07. The Labute approximate surface area is 51.3 Å². The molecule has 0 aromatic heterocycles. The molecule has 0 bridgehead atoms. The van der Waals surface area contributed by atoms with E-state index in [1.54, 1.807) is 0 Å². The molecular formula is C8H13. The molecule has 0 aromatic rings. The van der Waals surface area contributed by atoms with Crippen molar-refractivity contribution in [1.29, 1.82) is 0 Å². The van der Waals surface area contributed by atoms with Crippen molar-refractivity contribution in [2.75, 3.05) is 0 Å². The summed E-state index contributed by atoms with van der Waals surface area (Å²) in [5.41, 5.74) is 0. The van der Waals surface area contributed by atoms with Crippen molar-refractivity contribution in [3.63, 3.8) is 0 Å². The first-order chi connectivity index (χ1) is 3.95. The minimum absolute atomic E-state index is 1.05. The van der Waals surface area contributed by atoms with Gasteiger partial charge in [-0.1, -0.05) is 12.8 Å². The van der Waals surface area contributed by atoms with Crippen LogP contribution in [0.5, 0.6) is 0 Å². The monoisotopic (exact) mass is 109 g/mol. The molecule has 0 nitrogen and oxygen atoms in total. The molecule has 8 heavy (non-hydrogen) atoms. The lowest BCUT2D eigenvalue weighted by atomic mass is 10.2. The minimum atomic E-state index is 1.05. The van der Waals surface area contributed by atoms with E-state index in [0.717, 1.165) is 11.8 Å². The van der Waals surface area contributed by atoms with Gasteiger partial charge in [-0.05, 0) is 37.5 Å². The van der Waals surface area contributed by atoms with Gasteiger partial charge in [-0.3, -0.25) is 0 Å². The lowest BCUT2D eigenvalue weighted by molar-refractivity contribution is 0.756. The molecule has 0 heterocycles. The van der Waals surface area contributed by atoms with Crippen molar-refractivity contribution in [3.05, 3.63) is 6.42 Å². The first kappa shape index (κ1) is 4.84. The van der Waals surface area contributed by atoms with Gasteiger partial charge < -0.3 is 0 Å². The summed E-state index contributed by atoms with van der Waals surface area (Å²) in [6.45, 7) is 0. The molecule has 0 atom stereocenters. The van der Waals surface area contributed by atoms with Crippen LogP contribution in [-0.2, 0) is 0 Å². The first-order valence-electron chi connectivity index (χ1n) is 3.78. The average molecular weight is 109 g/mol. The van der Waals surface area contributed by atoms with Crippen molar-refractivity contribution in [2.45, 2.75) is 32.1 Å². The summed E-state index contributed by atoms with van der Waals surface area (Å²) in [5, 5.41) is 0. The normalized spacial score (nSPS) is 28.5. The van der Waals surface area contributed by atoms with E-state index >= 15 is 0 Å². The van der Waals surface area contributed by atoms with E-state index in [0.29, 0.717) is 0 Å². The third kappa shape index (κ3) is 1.24. The van der Waals surface area contributed by atoms with E-state index in [9.17, 15) is 0 Å². The summed E-state index contributed by atoms with van der Waals surface area (Å²) in [6.07, 6.45) is 9.99. The van der Waals surface area contributed by atoms with E-state index in [4.69, 9.17) is 0 Å². The lowest BCUT2D eigenvalue weighted by Crippen LogP contribution is -1.79. The van der Waals surface area contributed by atoms with Gasteiger partial charge in [0, 0.05) is 0 Å². The molecule has 0 aliphatic heterocycles. The van der Waals surface area contributed by atoms with E-state index in [1.807, 2.05) is 0 Å². The third-order valence-electron chi connectivity index (χ3n) is 2.12. The van der Waals surface area contributed by atoms with Gasteiger partial charge >= 0.3 is 0 Å². The minimum Gasteiger partial charge on any atom is -0.0502 e. The Morgan fingerprint density at radius 2 is 1.88 bits per heavy atom. The van der Waals surface area contributed by atoms with Gasteiger partial charge in [-0.2, -0.15) is 0 Å². The quantitative estimate of drug-likeness (QED) is 0.522. The molecule has 0 amide bonds. The molecule has 0 heteroatoms. The van der Waals surface area contributed by atoms with Crippen LogP contribution in [0.2, 0.25) is 0 Å². The first-order valence-corrected chi connectivity index (χ1v) is 3.78. The maximum absolute atomic E-state index is 2.54. The molecule has 2 aliphatic rings. The van der Waals surface area contributed by atoms with Gasteiger partial charge in [0.05, 0.1) is 0 Å². The highest BCUT2D eigenvalue weighted by Gasteiger charge is 2.26. The lowest BCUT2D eigenvalue weighted by Gasteiger charge is -1.90. The zero-order valence-corrected chi connectivity index (χ0v) is 5.27. The molecule has 0 aromatic carbocycles. The topological polar surface area (TPSA) is 0 Å². The van der Waals surface area contributed by atoms with Crippen LogP contribution in [0.25, 0.3) is 0 Å². The predicted molar refractivity (Wildman–Crippen MR) is 34.4 cm³/mol. The summed E-state index contributed by atoms with van der Waals surface area (Å²) >= 11 is 0. The largest absolute Gasteiger partial charge is 0.0502 e. The zero-order valence-electron chi connectivity index (χ0n) is 5.27. The molecule has 2 rings (SSSR count). The fraction of sp³-hybridized carbons (Fsp3) is 0.875. The highest BCUT2D eigenvalue weighted by atomic mass is 14.3. The molecular weight excluding hydrogens is 96.1 g/mol. The van der Waals surface area contributed by atoms with Crippen LogP contribution in [0.15, 0.2) is 0 Å². The summed E-state index contributed by atoms with van der Waals surface area (Å²) < 4.78 is 0. The number of rotatable bonds is 3. The van der Waals surface area contributed by atoms with Gasteiger partial charge in [0.2, 0.25) is 0 Å². The second-order valence-electron chi connectivity index (χ2n) is 3.25. The molecule has 0 N–H and O–H groups in total. The Kier molecular flexibility index (Phi) is 1.06. The van der Waals surface area contributed by atoms with Crippen molar-refractivity contribution >= 4 is 0 Å². The molecule has 0 saturated heterocycles. The van der Waals surface area contributed by atoms with Gasteiger partial charge in [-0.25, -0.2) is 0 Å². The SMILES string of the molecule is [CH](CC1CC1)C1CC1. The van der Waals surface area contributed by atoms with Crippen LogP contribution in [0, 0.1) is 18.3 Å². The number of hydrogen-bond acceptors (Lipinski definition) is 0. The van der Waals surface area contributed by atoms with Gasteiger partial charge in [-0.15, -0.1) is 0 Å². The molecule has 45 valence electrons. The van der Waals surface area contributed by atoms with Crippen molar-refractivity contribution < 1.29 is 0 Å². The highest BCUT2D eigenvalue weighted by molar-refractivity contribution is 4.91. The maximum Gasteiger partial charge on any atom is -0.0352 e.